The van der Waals surface area contributed by atoms with Gasteiger partial charge in [0.05, 0.1) is 11.0 Å². The third-order valence-electron chi connectivity index (χ3n) is 9.91. The number of benzene rings is 9. The van der Waals surface area contributed by atoms with E-state index in [1.54, 1.807) is 0 Å². The normalized spacial score (nSPS) is 11.8. The molecule has 0 saturated carbocycles. The molecule has 0 unspecified atom stereocenters. The van der Waals surface area contributed by atoms with Crippen molar-refractivity contribution in [3.8, 4) is 5.69 Å². The lowest BCUT2D eigenvalue weighted by Gasteiger charge is -2.26. The minimum Gasteiger partial charge on any atom is -0.310 e. The molecular weight excluding hydrogens is 581 g/mol. The summed E-state index contributed by atoms with van der Waals surface area (Å²) in [6, 6.07) is 66.2. The molecule has 0 aliphatic heterocycles. The van der Waals surface area contributed by atoms with E-state index in [-0.39, 0.29) is 0 Å². The quantitative estimate of drug-likeness (QED) is 0.180. The van der Waals surface area contributed by atoms with E-state index in [1.165, 1.54) is 64.9 Å². The van der Waals surface area contributed by atoms with Gasteiger partial charge in [-0.1, -0.05) is 127 Å². The van der Waals surface area contributed by atoms with Crippen LogP contribution >= 0.6 is 0 Å². The van der Waals surface area contributed by atoms with Crippen LogP contribution in [0, 0.1) is 0 Å². The summed E-state index contributed by atoms with van der Waals surface area (Å²) in [7, 11) is 0. The third kappa shape index (κ3) is 4.00. The molecular formula is C46H30N2. The zero-order chi connectivity index (χ0) is 31.6. The summed E-state index contributed by atoms with van der Waals surface area (Å²) in [6.45, 7) is 0. The summed E-state index contributed by atoms with van der Waals surface area (Å²) in [5.74, 6) is 0. The van der Waals surface area contributed by atoms with Crippen molar-refractivity contribution in [2.75, 3.05) is 4.90 Å². The SMILES string of the molecule is c1ccc(N(c2ccc3c4ccccc4c4ccccc4c3c2)c2ccc3ccc4c5ccccc5n(-c5ccccc5)c4c3c2)cc1. The molecule has 10 aromatic rings. The molecule has 1 aromatic heterocycles. The second-order valence-electron chi connectivity index (χ2n) is 12.5. The fraction of sp³-hybridized carbons (Fsp3) is 0. The molecule has 10 rings (SSSR count). The van der Waals surface area contributed by atoms with Crippen LogP contribution in [0.25, 0.3) is 70.6 Å². The highest BCUT2D eigenvalue weighted by Crippen LogP contribution is 2.43. The minimum absolute atomic E-state index is 1.12. The van der Waals surface area contributed by atoms with Gasteiger partial charge in [-0.2, -0.15) is 0 Å². The van der Waals surface area contributed by atoms with Crippen molar-refractivity contribution in [3.05, 3.63) is 182 Å². The molecule has 48 heavy (non-hydrogen) atoms. The van der Waals surface area contributed by atoms with Gasteiger partial charge in [-0.15, -0.1) is 0 Å². The average Bonchev–Trinajstić information content (AvgIpc) is 3.51. The maximum absolute atomic E-state index is 2.43. The molecule has 0 bridgehead atoms. The summed E-state index contributed by atoms with van der Waals surface area (Å²) >= 11 is 0. The molecule has 0 saturated heterocycles. The molecule has 2 nitrogen and oxygen atoms in total. The Hall–Kier alpha value is -6.38. The Morgan fingerprint density at radius 3 is 1.48 bits per heavy atom. The first-order chi connectivity index (χ1) is 23.8. The first-order valence-electron chi connectivity index (χ1n) is 16.5. The van der Waals surface area contributed by atoms with E-state index in [0.29, 0.717) is 0 Å². The van der Waals surface area contributed by atoms with Crippen LogP contribution in [0.3, 0.4) is 0 Å². The molecule has 224 valence electrons. The van der Waals surface area contributed by atoms with Crippen LogP contribution in [0.4, 0.5) is 17.1 Å². The molecule has 0 spiro atoms. The van der Waals surface area contributed by atoms with Crippen LogP contribution < -0.4 is 4.90 Å². The number of anilines is 3. The zero-order valence-electron chi connectivity index (χ0n) is 26.2. The van der Waals surface area contributed by atoms with E-state index in [9.17, 15) is 0 Å². The van der Waals surface area contributed by atoms with Crippen LogP contribution in [0.15, 0.2) is 182 Å². The molecule has 0 amide bonds. The van der Waals surface area contributed by atoms with Gasteiger partial charge >= 0.3 is 0 Å². The molecule has 0 N–H and O–H groups in total. The Kier molecular flexibility index (Phi) is 5.91. The molecule has 0 radical (unpaired) electrons. The van der Waals surface area contributed by atoms with Gasteiger partial charge in [0, 0.05) is 38.9 Å². The number of hydrogen-bond acceptors (Lipinski definition) is 1. The largest absolute Gasteiger partial charge is 0.310 e. The lowest BCUT2D eigenvalue weighted by Crippen LogP contribution is -2.10. The fourth-order valence-corrected chi connectivity index (χ4v) is 7.81. The summed E-state index contributed by atoms with van der Waals surface area (Å²) in [6.07, 6.45) is 0. The summed E-state index contributed by atoms with van der Waals surface area (Å²) in [5.41, 5.74) is 6.97. The van der Waals surface area contributed by atoms with E-state index in [2.05, 4.69) is 191 Å². The standard InChI is InChI=1S/C46H30N2/c1-3-13-32(14-4-1)47(35-26-28-40-38-19-8-7-17-36(38)37-18-9-10-20-39(37)44(40)30-35)34-25-23-31-24-27-42-41-21-11-12-22-45(41)48(46(42)43(31)29-34)33-15-5-2-6-16-33/h1-30H. The van der Waals surface area contributed by atoms with Gasteiger partial charge in [0.15, 0.2) is 0 Å². The average molecular weight is 611 g/mol. The summed E-state index contributed by atoms with van der Waals surface area (Å²) < 4.78 is 2.43. The first kappa shape index (κ1) is 26.8. The highest BCUT2D eigenvalue weighted by Gasteiger charge is 2.19. The number of hydrogen-bond donors (Lipinski definition) is 0. The summed E-state index contributed by atoms with van der Waals surface area (Å²) in [5, 5.41) is 12.6. The van der Waals surface area contributed by atoms with Crippen molar-refractivity contribution < 1.29 is 0 Å². The van der Waals surface area contributed by atoms with Crippen LogP contribution in [0.2, 0.25) is 0 Å². The van der Waals surface area contributed by atoms with Gasteiger partial charge in [-0.25, -0.2) is 0 Å². The van der Waals surface area contributed by atoms with Crippen LogP contribution in [0.1, 0.15) is 0 Å². The van der Waals surface area contributed by atoms with E-state index in [1.807, 2.05) is 0 Å². The van der Waals surface area contributed by atoms with E-state index < -0.39 is 0 Å². The van der Waals surface area contributed by atoms with Crippen molar-refractivity contribution in [2.24, 2.45) is 0 Å². The molecule has 0 fully saturated rings. The van der Waals surface area contributed by atoms with Crippen molar-refractivity contribution in [3.63, 3.8) is 0 Å². The van der Waals surface area contributed by atoms with Crippen LogP contribution in [0.5, 0.6) is 0 Å². The van der Waals surface area contributed by atoms with Gasteiger partial charge in [0.2, 0.25) is 0 Å². The Labute approximate surface area is 278 Å². The van der Waals surface area contributed by atoms with E-state index in [4.69, 9.17) is 0 Å². The molecule has 9 aromatic carbocycles. The molecule has 0 atom stereocenters. The van der Waals surface area contributed by atoms with Crippen molar-refractivity contribution in [1.29, 1.82) is 0 Å². The van der Waals surface area contributed by atoms with E-state index in [0.717, 1.165) is 22.7 Å². The Morgan fingerprint density at radius 2 is 0.792 bits per heavy atom. The van der Waals surface area contributed by atoms with Crippen molar-refractivity contribution >= 4 is 82.0 Å². The first-order valence-corrected chi connectivity index (χ1v) is 16.5. The molecule has 0 aliphatic rings. The number of aromatic nitrogens is 1. The highest BCUT2D eigenvalue weighted by atomic mass is 15.1. The maximum atomic E-state index is 2.43. The van der Waals surface area contributed by atoms with Crippen LogP contribution in [-0.2, 0) is 0 Å². The van der Waals surface area contributed by atoms with Crippen LogP contribution in [-0.4, -0.2) is 4.57 Å². The van der Waals surface area contributed by atoms with Crippen molar-refractivity contribution in [1.82, 2.24) is 4.57 Å². The Balaban J connectivity index is 1.27. The summed E-state index contributed by atoms with van der Waals surface area (Å²) in [4.78, 5) is 2.40. The lowest BCUT2D eigenvalue weighted by molar-refractivity contribution is 1.19. The molecule has 2 heteroatoms. The molecule has 1 heterocycles. The van der Waals surface area contributed by atoms with Gasteiger partial charge in [-0.3, -0.25) is 0 Å². The topological polar surface area (TPSA) is 8.17 Å². The number of fused-ring (bicyclic) bond motifs is 11. The zero-order valence-corrected chi connectivity index (χ0v) is 26.2. The van der Waals surface area contributed by atoms with Crippen molar-refractivity contribution in [2.45, 2.75) is 0 Å². The minimum atomic E-state index is 1.12. The highest BCUT2D eigenvalue weighted by molar-refractivity contribution is 6.26. The number of rotatable bonds is 4. The second kappa shape index (κ2) is 10.6. The van der Waals surface area contributed by atoms with Gasteiger partial charge in [0.25, 0.3) is 0 Å². The number of para-hydroxylation sites is 3. The third-order valence-corrected chi connectivity index (χ3v) is 9.91. The van der Waals surface area contributed by atoms with E-state index >= 15 is 0 Å². The Bertz CT molecular complexity index is 2800. The Morgan fingerprint density at radius 1 is 0.312 bits per heavy atom. The van der Waals surface area contributed by atoms with Gasteiger partial charge in [0.1, 0.15) is 0 Å². The van der Waals surface area contributed by atoms with Gasteiger partial charge in [-0.05, 0) is 92.3 Å². The number of nitrogens with zero attached hydrogens (tertiary/aromatic N) is 2. The second-order valence-corrected chi connectivity index (χ2v) is 12.5. The van der Waals surface area contributed by atoms with Gasteiger partial charge < -0.3 is 9.47 Å². The fourth-order valence-electron chi connectivity index (χ4n) is 7.81. The lowest BCUT2D eigenvalue weighted by atomic mass is 9.94. The predicted molar refractivity (Wildman–Crippen MR) is 205 cm³/mol. The molecule has 0 aliphatic carbocycles. The smallest absolute Gasteiger partial charge is 0.0620 e. The monoisotopic (exact) mass is 610 g/mol. The predicted octanol–water partition coefficient (Wildman–Crippen LogP) is 12.9. The maximum Gasteiger partial charge on any atom is 0.0620 e.